The zero-order valence-electron chi connectivity index (χ0n) is 13.1. The maximum absolute atomic E-state index is 6.12. The van der Waals surface area contributed by atoms with E-state index in [9.17, 15) is 0 Å². The molecule has 2 rings (SSSR count). The van der Waals surface area contributed by atoms with Gasteiger partial charge in [0.15, 0.2) is 0 Å². The molecule has 0 amide bonds. The smallest absolute Gasteiger partial charge is 0.0409 e. The van der Waals surface area contributed by atoms with Crippen LogP contribution in [0, 0.1) is 6.92 Å². The lowest BCUT2D eigenvalue weighted by Crippen LogP contribution is -2.25. The molecule has 0 saturated carbocycles. The molecule has 0 spiro atoms. The summed E-state index contributed by atoms with van der Waals surface area (Å²) in [5, 5.41) is 4.58. The van der Waals surface area contributed by atoms with Crippen molar-refractivity contribution in [2.75, 3.05) is 0 Å². The molecule has 112 valence electrons. The molecule has 0 saturated heterocycles. The molecule has 2 unspecified atom stereocenters. The highest BCUT2D eigenvalue weighted by molar-refractivity contribution is 6.30. The summed E-state index contributed by atoms with van der Waals surface area (Å²) >= 11 is 6.12. The molecule has 0 aliphatic heterocycles. The molecular formula is C19H24ClN. The van der Waals surface area contributed by atoms with Gasteiger partial charge >= 0.3 is 0 Å². The standard InChI is InChI=1S/C19H24ClN/c1-4-18(15-11-9-14(3)10-12-15)21-19(5-2)16-7-6-8-17(20)13-16/h6-13,18-19,21H,4-5H2,1-3H3. The summed E-state index contributed by atoms with van der Waals surface area (Å²) in [4.78, 5) is 0. The Hall–Kier alpha value is -1.31. The lowest BCUT2D eigenvalue weighted by Gasteiger charge is -2.25. The van der Waals surface area contributed by atoms with Crippen molar-refractivity contribution in [2.24, 2.45) is 0 Å². The summed E-state index contributed by atoms with van der Waals surface area (Å²) in [5.74, 6) is 0. The van der Waals surface area contributed by atoms with Crippen LogP contribution in [0.5, 0.6) is 0 Å². The Labute approximate surface area is 133 Å². The molecule has 1 N–H and O–H groups in total. The van der Waals surface area contributed by atoms with Gasteiger partial charge in [0.2, 0.25) is 0 Å². The molecule has 0 aliphatic carbocycles. The number of aryl methyl sites for hydroxylation is 1. The van der Waals surface area contributed by atoms with Gasteiger partial charge in [0, 0.05) is 17.1 Å². The van der Waals surface area contributed by atoms with Gasteiger partial charge < -0.3 is 5.32 Å². The van der Waals surface area contributed by atoms with E-state index in [1.807, 2.05) is 12.1 Å². The minimum absolute atomic E-state index is 0.329. The van der Waals surface area contributed by atoms with Gasteiger partial charge in [-0.15, -0.1) is 0 Å². The number of rotatable bonds is 6. The highest BCUT2D eigenvalue weighted by Crippen LogP contribution is 2.26. The first kappa shape index (κ1) is 16.1. The minimum Gasteiger partial charge on any atom is -0.303 e. The van der Waals surface area contributed by atoms with Crippen LogP contribution < -0.4 is 5.32 Å². The van der Waals surface area contributed by atoms with E-state index in [1.165, 1.54) is 16.7 Å². The zero-order valence-corrected chi connectivity index (χ0v) is 13.8. The fourth-order valence-electron chi connectivity index (χ4n) is 2.66. The number of halogens is 1. The maximum atomic E-state index is 6.12. The van der Waals surface area contributed by atoms with Crippen molar-refractivity contribution in [2.45, 2.75) is 45.7 Å². The van der Waals surface area contributed by atoms with E-state index >= 15 is 0 Å². The van der Waals surface area contributed by atoms with Crippen LogP contribution in [0.15, 0.2) is 48.5 Å². The number of benzene rings is 2. The minimum atomic E-state index is 0.329. The van der Waals surface area contributed by atoms with Gasteiger partial charge in [0.05, 0.1) is 0 Å². The highest BCUT2D eigenvalue weighted by Gasteiger charge is 2.16. The third kappa shape index (κ3) is 4.33. The number of hydrogen-bond donors (Lipinski definition) is 1. The molecule has 0 heterocycles. The molecule has 21 heavy (non-hydrogen) atoms. The average Bonchev–Trinajstić information content (AvgIpc) is 2.50. The molecule has 0 bridgehead atoms. The molecule has 2 aromatic carbocycles. The fraction of sp³-hybridized carbons (Fsp3) is 0.368. The van der Waals surface area contributed by atoms with Crippen LogP contribution in [0.4, 0.5) is 0 Å². The Kier molecular flexibility index (Phi) is 5.84. The van der Waals surface area contributed by atoms with Gasteiger partial charge in [0.25, 0.3) is 0 Å². The molecule has 0 radical (unpaired) electrons. The zero-order chi connectivity index (χ0) is 15.2. The van der Waals surface area contributed by atoms with E-state index in [0.717, 1.165) is 17.9 Å². The van der Waals surface area contributed by atoms with Crippen LogP contribution in [0.3, 0.4) is 0 Å². The van der Waals surface area contributed by atoms with Crippen molar-refractivity contribution in [3.8, 4) is 0 Å². The largest absolute Gasteiger partial charge is 0.303 e. The summed E-state index contributed by atoms with van der Waals surface area (Å²) in [6, 6.07) is 17.7. The van der Waals surface area contributed by atoms with Crippen LogP contribution in [0.2, 0.25) is 5.02 Å². The quantitative estimate of drug-likeness (QED) is 0.706. The SMILES string of the molecule is CCC(NC(CC)c1cccc(Cl)c1)c1ccc(C)cc1. The molecule has 2 aromatic rings. The summed E-state index contributed by atoms with van der Waals surface area (Å²) in [5.41, 5.74) is 3.91. The Balaban J connectivity index is 2.17. The van der Waals surface area contributed by atoms with E-state index in [4.69, 9.17) is 11.6 Å². The summed E-state index contributed by atoms with van der Waals surface area (Å²) in [6.07, 6.45) is 2.11. The van der Waals surface area contributed by atoms with Crippen LogP contribution in [-0.4, -0.2) is 0 Å². The molecule has 0 aliphatic rings. The van der Waals surface area contributed by atoms with Gasteiger partial charge in [-0.3, -0.25) is 0 Å². The Morgan fingerprint density at radius 2 is 1.52 bits per heavy atom. The van der Waals surface area contributed by atoms with Crippen LogP contribution >= 0.6 is 11.6 Å². The van der Waals surface area contributed by atoms with Crippen molar-refractivity contribution < 1.29 is 0 Å². The number of hydrogen-bond acceptors (Lipinski definition) is 1. The predicted octanol–water partition coefficient (Wildman–Crippen LogP) is 5.84. The molecule has 0 fully saturated rings. The van der Waals surface area contributed by atoms with E-state index in [0.29, 0.717) is 12.1 Å². The molecular weight excluding hydrogens is 278 g/mol. The normalized spacial score (nSPS) is 13.9. The Morgan fingerprint density at radius 1 is 0.905 bits per heavy atom. The fourth-order valence-corrected chi connectivity index (χ4v) is 2.86. The van der Waals surface area contributed by atoms with E-state index < -0.39 is 0 Å². The van der Waals surface area contributed by atoms with E-state index in [1.54, 1.807) is 0 Å². The van der Waals surface area contributed by atoms with Crippen LogP contribution in [-0.2, 0) is 0 Å². The molecule has 2 atom stereocenters. The third-order valence-electron chi connectivity index (χ3n) is 3.95. The van der Waals surface area contributed by atoms with Gasteiger partial charge in [-0.25, -0.2) is 0 Å². The third-order valence-corrected chi connectivity index (χ3v) is 4.18. The lowest BCUT2D eigenvalue weighted by molar-refractivity contribution is 0.426. The first-order chi connectivity index (χ1) is 10.1. The maximum Gasteiger partial charge on any atom is 0.0409 e. The first-order valence-corrected chi connectivity index (χ1v) is 8.10. The summed E-state index contributed by atoms with van der Waals surface area (Å²) in [7, 11) is 0. The van der Waals surface area contributed by atoms with Crippen molar-refractivity contribution >= 4 is 11.6 Å². The predicted molar refractivity (Wildman–Crippen MR) is 91.8 cm³/mol. The van der Waals surface area contributed by atoms with E-state index in [2.05, 4.69) is 62.5 Å². The second-order valence-corrected chi connectivity index (χ2v) is 5.99. The van der Waals surface area contributed by atoms with E-state index in [-0.39, 0.29) is 0 Å². The monoisotopic (exact) mass is 301 g/mol. The van der Waals surface area contributed by atoms with Crippen molar-refractivity contribution in [3.63, 3.8) is 0 Å². The first-order valence-electron chi connectivity index (χ1n) is 7.72. The van der Waals surface area contributed by atoms with Gasteiger partial charge in [-0.05, 0) is 43.0 Å². The van der Waals surface area contributed by atoms with Crippen LogP contribution in [0.1, 0.15) is 55.5 Å². The Bertz CT molecular complexity index is 562. The van der Waals surface area contributed by atoms with Crippen molar-refractivity contribution in [1.29, 1.82) is 0 Å². The highest BCUT2D eigenvalue weighted by atomic mass is 35.5. The molecule has 2 heteroatoms. The van der Waals surface area contributed by atoms with Crippen molar-refractivity contribution in [3.05, 3.63) is 70.2 Å². The lowest BCUT2D eigenvalue weighted by atomic mass is 9.98. The van der Waals surface area contributed by atoms with Gasteiger partial charge in [0.1, 0.15) is 0 Å². The molecule has 0 aromatic heterocycles. The second-order valence-electron chi connectivity index (χ2n) is 5.55. The van der Waals surface area contributed by atoms with Crippen LogP contribution in [0.25, 0.3) is 0 Å². The second kappa shape index (κ2) is 7.63. The van der Waals surface area contributed by atoms with Gasteiger partial charge in [-0.1, -0.05) is 67.4 Å². The van der Waals surface area contributed by atoms with Gasteiger partial charge in [-0.2, -0.15) is 0 Å². The molecule has 1 nitrogen and oxygen atoms in total. The topological polar surface area (TPSA) is 12.0 Å². The summed E-state index contributed by atoms with van der Waals surface area (Å²) in [6.45, 7) is 6.56. The number of nitrogens with one attached hydrogen (secondary N) is 1. The summed E-state index contributed by atoms with van der Waals surface area (Å²) < 4.78 is 0. The average molecular weight is 302 g/mol. The van der Waals surface area contributed by atoms with Crippen molar-refractivity contribution in [1.82, 2.24) is 5.32 Å². The Morgan fingerprint density at radius 3 is 2.10 bits per heavy atom.